The standard InChI is InChI=1S/C12H17IN4O2/c1-8(18)14-6-9-2-4-17(5-3-9)11-10(13)12(19)16-7-15-11/h7,9H,2-6H2,1H3,(H,14,18)(H,15,16,19). The molecule has 0 unspecified atom stereocenters. The van der Waals surface area contributed by atoms with Crippen LogP contribution in [0, 0.1) is 9.49 Å². The van der Waals surface area contributed by atoms with E-state index in [-0.39, 0.29) is 11.5 Å². The molecule has 6 nitrogen and oxygen atoms in total. The van der Waals surface area contributed by atoms with Crippen LogP contribution in [-0.2, 0) is 4.79 Å². The van der Waals surface area contributed by atoms with Crippen molar-refractivity contribution in [2.45, 2.75) is 19.8 Å². The molecule has 1 aromatic heterocycles. The molecule has 1 saturated heterocycles. The molecule has 1 aliphatic heterocycles. The van der Waals surface area contributed by atoms with E-state index in [1.807, 2.05) is 22.6 Å². The highest BCUT2D eigenvalue weighted by atomic mass is 127. The fourth-order valence-corrected chi connectivity index (χ4v) is 2.87. The van der Waals surface area contributed by atoms with E-state index in [1.165, 1.54) is 13.3 Å². The zero-order chi connectivity index (χ0) is 13.8. The molecule has 0 aromatic carbocycles. The van der Waals surface area contributed by atoms with Crippen molar-refractivity contribution >= 4 is 34.3 Å². The van der Waals surface area contributed by atoms with E-state index in [1.54, 1.807) is 0 Å². The van der Waals surface area contributed by atoms with Crippen molar-refractivity contribution in [1.82, 2.24) is 15.3 Å². The molecule has 1 amide bonds. The van der Waals surface area contributed by atoms with Crippen LogP contribution in [-0.4, -0.2) is 35.5 Å². The number of carbonyl (C=O) groups is 1. The first-order valence-corrected chi connectivity index (χ1v) is 7.38. The summed E-state index contributed by atoms with van der Waals surface area (Å²) in [6.45, 7) is 4.02. The monoisotopic (exact) mass is 376 g/mol. The molecular formula is C12H17IN4O2. The van der Waals surface area contributed by atoms with E-state index in [4.69, 9.17) is 0 Å². The van der Waals surface area contributed by atoms with Crippen LogP contribution in [0.1, 0.15) is 19.8 Å². The van der Waals surface area contributed by atoms with Crippen molar-refractivity contribution in [1.29, 1.82) is 0 Å². The fourth-order valence-electron chi connectivity index (χ4n) is 2.23. The van der Waals surface area contributed by atoms with Crippen LogP contribution in [0.15, 0.2) is 11.1 Å². The van der Waals surface area contributed by atoms with E-state index < -0.39 is 0 Å². The topological polar surface area (TPSA) is 78.1 Å². The summed E-state index contributed by atoms with van der Waals surface area (Å²) in [6, 6.07) is 0. The third kappa shape index (κ3) is 3.68. The second-order valence-corrected chi connectivity index (χ2v) is 5.82. The van der Waals surface area contributed by atoms with Gasteiger partial charge < -0.3 is 15.2 Å². The third-order valence-electron chi connectivity index (χ3n) is 3.33. The van der Waals surface area contributed by atoms with Crippen LogP contribution in [0.5, 0.6) is 0 Å². The molecule has 0 atom stereocenters. The number of H-pyrrole nitrogens is 1. The predicted octanol–water partition coefficient (Wildman–Crippen LogP) is 0.727. The molecule has 0 aliphatic carbocycles. The van der Waals surface area contributed by atoms with Gasteiger partial charge in [0.15, 0.2) is 0 Å². The maximum Gasteiger partial charge on any atom is 0.266 e. The van der Waals surface area contributed by atoms with Crippen molar-refractivity contribution in [3.63, 3.8) is 0 Å². The van der Waals surface area contributed by atoms with Gasteiger partial charge in [0.1, 0.15) is 9.39 Å². The Bertz CT molecular complexity index is 509. The summed E-state index contributed by atoms with van der Waals surface area (Å²) in [4.78, 5) is 31.4. The SMILES string of the molecule is CC(=O)NCC1CCN(c2nc[nH]c(=O)c2I)CC1. The number of carbonyl (C=O) groups excluding carboxylic acids is 1. The second kappa shape index (κ2) is 6.36. The van der Waals surface area contributed by atoms with Gasteiger partial charge in [0.05, 0.1) is 6.33 Å². The summed E-state index contributed by atoms with van der Waals surface area (Å²) in [5.74, 6) is 1.30. The molecule has 19 heavy (non-hydrogen) atoms. The van der Waals surface area contributed by atoms with Gasteiger partial charge in [0, 0.05) is 26.6 Å². The van der Waals surface area contributed by atoms with Crippen molar-refractivity contribution < 1.29 is 4.79 Å². The number of anilines is 1. The van der Waals surface area contributed by atoms with E-state index in [0.29, 0.717) is 9.49 Å². The van der Waals surface area contributed by atoms with Crippen molar-refractivity contribution in [3.8, 4) is 0 Å². The molecule has 1 aliphatic rings. The summed E-state index contributed by atoms with van der Waals surface area (Å²) >= 11 is 2.03. The number of nitrogens with zero attached hydrogens (tertiary/aromatic N) is 2. The maximum absolute atomic E-state index is 11.5. The smallest absolute Gasteiger partial charge is 0.266 e. The van der Waals surface area contributed by atoms with E-state index >= 15 is 0 Å². The summed E-state index contributed by atoms with van der Waals surface area (Å²) in [5, 5.41) is 2.86. The van der Waals surface area contributed by atoms with Crippen LogP contribution in [0.25, 0.3) is 0 Å². The summed E-state index contributed by atoms with van der Waals surface area (Å²) in [7, 11) is 0. The number of rotatable bonds is 3. The van der Waals surface area contributed by atoms with E-state index in [0.717, 1.165) is 38.3 Å². The van der Waals surface area contributed by atoms with Crippen LogP contribution in [0.2, 0.25) is 0 Å². The average molecular weight is 376 g/mol. The van der Waals surface area contributed by atoms with Crippen LogP contribution >= 0.6 is 22.6 Å². The van der Waals surface area contributed by atoms with Gasteiger partial charge in [-0.2, -0.15) is 0 Å². The molecule has 2 rings (SSSR count). The molecule has 1 aromatic rings. The van der Waals surface area contributed by atoms with E-state index in [2.05, 4.69) is 20.2 Å². The molecule has 0 bridgehead atoms. The Morgan fingerprint density at radius 3 is 2.89 bits per heavy atom. The van der Waals surface area contributed by atoms with Gasteiger partial charge in [0.25, 0.3) is 5.56 Å². The molecule has 0 radical (unpaired) electrons. The van der Waals surface area contributed by atoms with Crippen LogP contribution in [0.3, 0.4) is 0 Å². The Hall–Kier alpha value is -1.12. The number of amides is 1. The quantitative estimate of drug-likeness (QED) is 0.763. The maximum atomic E-state index is 11.5. The number of aromatic amines is 1. The van der Waals surface area contributed by atoms with Gasteiger partial charge in [-0.05, 0) is 41.4 Å². The minimum absolute atomic E-state index is 0.0215. The van der Waals surface area contributed by atoms with Crippen molar-refractivity contribution in [3.05, 3.63) is 20.3 Å². The minimum atomic E-state index is -0.0917. The molecule has 7 heteroatoms. The number of piperidine rings is 1. The lowest BCUT2D eigenvalue weighted by Crippen LogP contribution is -2.39. The minimum Gasteiger partial charge on any atom is -0.356 e. The molecule has 0 saturated carbocycles. The highest BCUT2D eigenvalue weighted by molar-refractivity contribution is 14.1. The lowest BCUT2D eigenvalue weighted by molar-refractivity contribution is -0.119. The third-order valence-corrected chi connectivity index (χ3v) is 4.30. The highest BCUT2D eigenvalue weighted by Gasteiger charge is 2.22. The molecule has 1 fully saturated rings. The Morgan fingerprint density at radius 2 is 2.26 bits per heavy atom. The Labute approximate surface area is 125 Å². The number of nitrogens with one attached hydrogen (secondary N) is 2. The van der Waals surface area contributed by atoms with Crippen LogP contribution < -0.4 is 15.8 Å². The lowest BCUT2D eigenvalue weighted by Gasteiger charge is -2.33. The van der Waals surface area contributed by atoms with Gasteiger partial charge in [-0.1, -0.05) is 0 Å². The number of aromatic nitrogens is 2. The number of halogens is 1. The normalized spacial score (nSPS) is 16.4. The lowest BCUT2D eigenvalue weighted by atomic mass is 9.97. The Kier molecular flexibility index (Phi) is 4.78. The van der Waals surface area contributed by atoms with Crippen LogP contribution in [0.4, 0.5) is 5.82 Å². The first-order chi connectivity index (χ1) is 9.08. The molecule has 0 spiro atoms. The first kappa shape index (κ1) is 14.3. The molecular weight excluding hydrogens is 359 g/mol. The average Bonchev–Trinajstić information content (AvgIpc) is 2.40. The summed E-state index contributed by atoms with van der Waals surface area (Å²) in [5.41, 5.74) is -0.0917. The molecule has 2 N–H and O–H groups in total. The van der Waals surface area contributed by atoms with Gasteiger partial charge in [-0.3, -0.25) is 9.59 Å². The fraction of sp³-hybridized carbons (Fsp3) is 0.583. The number of hydrogen-bond donors (Lipinski definition) is 2. The van der Waals surface area contributed by atoms with Gasteiger partial charge >= 0.3 is 0 Å². The second-order valence-electron chi connectivity index (χ2n) is 4.74. The largest absolute Gasteiger partial charge is 0.356 e. The van der Waals surface area contributed by atoms with Gasteiger partial charge in [-0.15, -0.1) is 0 Å². The Morgan fingerprint density at radius 1 is 1.58 bits per heavy atom. The first-order valence-electron chi connectivity index (χ1n) is 6.30. The molecule has 104 valence electrons. The highest BCUT2D eigenvalue weighted by Crippen LogP contribution is 2.23. The predicted molar refractivity (Wildman–Crippen MR) is 81.2 cm³/mol. The van der Waals surface area contributed by atoms with E-state index in [9.17, 15) is 9.59 Å². The van der Waals surface area contributed by atoms with Gasteiger partial charge in [-0.25, -0.2) is 4.98 Å². The summed E-state index contributed by atoms with van der Waals surface area (Å²) in [6.07, 6.45) is 3.46. The van der Waals surface area contributed by atoms with Gasteiger partial charge in [0.2, 0.25) is 5.91 Å². The zero-order valence-electron chi connectivity index (χ0n) is 10.8. The summed E-state index contributed by atoms with van der Waals surface area (Å²) < 4.78 is 0.639. The van der Waals surface area contributed by atoms with Crippen molar-refractivity contribution in [2.24, 2.45) is 5.92 Å². The van der Waals surface area contributed by atoms with Crippen molar-refractivity contribution in [2.75, 3.05) is 24.5 Å². The molecule has 2 heterocycles. The number of hydrogen-bond acceptors (Lipinski definition) is 4. The zero-order valence-corrected chi connectivity index (χ0v) is 12.9. The Balaban J connectivity index is 1.94.